The van der Waals surface area contributed by atoms with Crippen LogP contribution in [0.15, 0.2) is 157 Å². The molecule has 0 fully saturated rings. The Hall–Kier alpha value is -5.64. The third kappa shape index (κ3) is 3.50. The predicted molar refractivity (Wildman–Crippen MR) is 193 cm³/mol. The van der Waals surface area contributed by atoms with Gasteiger partial charge >= 0.3 is 0 Å². The first-order chi connectivity index (χ1) is 32.7. The molecule has 0 N–H and O–H groups in total. The van der Waals surface area contributed by atoms with Crippen molar-refractivity contribution in [3.63, 3.8) is 0 Å². The lowest BCUT2D eigenvalue weighted by atomic mass is 10.0. The van der Waals surface area contributed by atoms with Crippen LogP contribution in [0.3, 0.4) is 0 Å². The molecule has 0 bridgehead atoms. The molecule has 0 aliphatic heterocycles. The summed E-state index contributed by atoms with van der Waals surface area (Å²) in [7, 11) is 0. The van der Waals surface area contributed by atoms with Crippen LogP contribution in [0.5, 0.6) is 0 Å². The van der Waals surface area contributed by atoms with E-state index in [0.29, 0.717) is 11.3 Å². The number of benzene rings is 7. The van der Waals surface area contributed by atoms with Crippen molar-refractivity contribution in [1.29, 1.82) is 0 Å². The summed E-state index contributed by atoms with van der Waals surface area (Å²) in [6.07, 6.45) is 0. The second-order valence-corrected chi connectivity index (χ2v) is 10.9. The Bertz CT molecular complexity index is 4130. The molecular formula is C42H26N2S. The van der Waals surface area contributed by atoms with Gasteiger partial charge in [0.05, 0.1) is 71.4 Å². The van der Waals surface area contributed by atoms with Crippen LogP contribution in [0.25, 0.3) is 86.3 Å². The Kier molecular flexibility index (Phi) is 2.25. The van der Waals surface area contributed by atoms with Gasteiger partial charge < -0.3 is 9.13 Å². The van der Waals surface area contributed by atoms with Crippen molar-refractivity contribution in [1.82, 2.24) is 9.13 Å². The third-order valence-corrected chi connectivity index (χ3v) is 8.71. The topological polar surface area (TPSA) is 9.86 Å². The molecular weight excluding hydrogens is 565 g/mol. The molecule has 3 aromatic heterocycles. The van der Waals surface area contributed by atoms with Crippen molar-refractivity contribution in [3.05, 3.63) is 157 Å². The molecule has 0 aliphatic rings. The van der Waals surface area contributed by atoms with Crippen molar-refractivity contribution >= 4 is 75.1 Å². The Morgan fingerprint density at radius 3 is 1.98 bits per heavy atom. The van der Waals surface area contributed by atoms with Crippen molar-refractivity contribution in [2.45, 2.75) is 0 Å². The summed E-state index contributed by atoms with van der Waals surface area (Å²) in [6.45, 7) is 0. The highest BCUT2D eigenvalue weighted by atomic mass is 32.1. The predicted octanol–water partition coefficient (Wildman–Crippen LogP) is 11.9. The summed E-state index contributed by atoms with van der Waals surface area (Å²) in [4.78, 5) is 0. The highest BCUT2D eigenvalue weighted by Crippen LogP contribution is 2.46. The fourth-order valence-corrected chi connectivity index (χ4v) is 6.94. The zero-order chi connectivity index (χ0) is 51.2. The Morgan fingerprint density at radius 1 is 0.422 bits per heavy atom. The molecule has 7 aromatic carbocycles. The van der Waals surface area contributed by atoms with Gasteiger partial charge in [-0.2, -0.15) is 0 Å². The maximum Gasteiger partial charge on any atom is 0.0719 e. The van der Waals surface area contributed by atoms with E-state index in [0.717, 1.165) is 15.2 Å². The molecule has 0 saturated carbocycles. The minimum Gasteiger partial charge on any atom is -0.308 e. The molecule has 0 saturated heterocycles. The number of para-hydroxylation sites is 3. The molecule has 10 aromatic rings. The van der Waals surface area contributed by atoms with E-state index in [2.05, 4.69) is 0 Å². The lowest BCUT2D eigenvalue weighted by molar-refractivity contribution is 1.19. The molecule has 3 heterocycles. The van der Waals surface area contributed by atoms with Crippen LogP contribution >= 0.6 is 11.3 Å². The van der Waals surface area contributed by atoms with E-state index in [4.69, 9.17) is 21.9 Å². The van der Waals surface area contributed by atoms with E-state index < -0.39 is 195 Å². The first kappa shape index (κ1) is 10.8. The normalized spacial score (nSPS) is 19.8. The molecule has 45 heavy (non-hydrogen) atoms. The first-order valence-corrected chi connectivity index (χ1v) is 14.1. The van der Waals surface area contributed by atoms with Crippen molar-refractivity contribution in [2.24, 2.45) is 0 Å². The summed E-state index contributed by atoms with van der Waals surface area (Å²) in [6, 6.07) is -18.2. The number of rotatable bonds is 3. The van der Waals surface area contributed by atoms with Crippen LogP contribution in [-0.4, -0.2) is 9.13 Å². The molecule has 3 heteroatoms. The first-order valence-electron chi connectivity index (χ1n) is 25.8. The van der Waals surface area contributed by atoms with E-state index in [1.807, 2.05) is 0 Å². The Labute approximate surface area is 298 Å². The summed E-state index contributed by atoms with van der Waals surface area (Å²) in [5.74, 6) is 0. The van der Waals surface area contributed by atoms with Gasteiger partial charge in [-0.3, -0.25) is 0 Å². The van der Waals surface area contributed by atoms with Gasteiger partial charge in [-0.1, -0.05) is 115 Å². The Balaban J connectivity index is 1.50. The minimum absolute atomic E-state index is 0.126. The zero-order valence-electron chi connectivity index (χ0n) is 47.4. The van der Waals surface area contributed by atoms with Gasteiger partial charge in [-0.15, -0.1) is 11.3 Å². The fourth-order valence-electron chi connectivity index (χ4n) is 5.69. The van der Waals surface area contributed by atoms with Crippen molar-refractivity contribution in [2.75, 3.05) is 0 Å². The third-order valence-electron chi connectivity index (χ3n) is 7.51. The molecule has 210 valence electrons. The second kappa shape index (κ2) is 9.43. The summed E-state index contributed by atoms with van der Waals surface area (Å²) < 4.78 is 225. The average Bonchev–Trinajstić information content (AvgIpc) is 4.01. The van der Waals surface area contributed by atoms with Crippen molar-refractivity contribution < 1.29 is 34.3 Å². The lowest BCUT2D eigenvalue weighted by Crippen LogP contribution is -1.93. The van der Waals surface area contributed by atoms with Crippen LogP contribution in [0, 0.1) is 0 Å². The summed E-state index contributed by atoms with van der Waals surface area (Å²) in [5.41, 5.74) is -3.96. The van der Waals surface area contributed by atoms with Crippen LogP contribution < -0.4 is 0 Å². The molecule has 0 radical (unpaired) electrons. The summed E-state index contributed by atoms with van der Waals surface area (Å²) in [5, 5.41) is -2.11. The van der Waals surface area contributed by atoms with Gasteiger partial charge in [0.1, 0.15) is 0 Å². The number of hydrogen-bond donors (Lipinski definition) is 0. The zero-order valence-corrected chi connectivity index (χ0v) is 23.2. The maximum atomic E-state index is 9.58. The van der Waals surface area contributed by atoms with Crippen molar-refractivity contribution in [3.8, 4) is 22.5 Å². The smallest absolute Gasteiger partial charge is 0.0719 e. The van der Waals surface area contributed by atoms with Crippen LogP contribution in [-0.2, 0) is 0 Å². The maximum absolute atomic E-state index is 9.58. The highest BCUT2D eigenvalue weighted by Gasteiger charge is 2.20. The summed E-state index contributed by atoms with van der Waals surface area (Å²) >= 11 is 0.650. The van der Waals surface area contributed by atoms with Crippen LogP contribution in [0.2, 0.25) is 0 Å². The number of aromatic nitrogens is 2. The van der Waals surface area contributed by atoms with Gasteiger partial charge in [0.15, 0.2) is 0 Å². The SMILES string of the molecule is [2H]c1cc([2H])c2c(c1[2H])c1c([2H])c([2H])c3c(sc4c(-n5c6c([2H])c([2H])c([2H])c([2H])c6c6c([2H])c(-c7c([2H])c([2H])c([2H])c([2H])c7[2H])c([2H])c([2H])c65)c([2H])c([2H])c([2H])c43)c1n2-c1c([2H])c([2H])c([2H])c([2H])c1[2H]. The number of thiophene rings is 1. The molecule has 0 unspecified atom stereocenters. The van der Waals surface area contributed by atoms with Crippen LogP contribution in [0.1, 0.15) is 34.3 Å². The Morgan fingerprint density at radius 2 is 1.09 bits per heavy atom. The molecule has 10 rings (SSSR count). The van der Waals surface area contributed by atoms with E-state index in [-0.39, 0.29) is 42.0 Å². The monoisotopic (exact) mass is 615 g/mol. The molecule has 0 amide bonds. The van der Waals surface area contributed by atoms with E-state index in [1.54, 1.807) is 0 Å². The molecule has 0 atom stereocenters. The van der Waals surface area contributed by atoms with E-state index in [1.165, 1.54) is 0 Å². The van der Waals surface area contributed by atoms with Gasteiger partial charge in [-0.05, 0) is 53.4 Å². The number of hydrogen-bond acceptors (Lipinski definition) is 1. The van der Waals surface area contributed by atoms with E-state index >= 15 is 0 Å². The largest absolute Gasteiger partial charge is 0.308 e. The van der Waals surface area contributed by atoms with Gasteiger partial charge in [0, 0.05) is 38.0 Å². The van der Waals surface area contributed by atoms with Gasteiger partial charge in [0.25, 0.3) is 0 Å². The van der Waals surface area contributed by atoms with Crippen LogP contribution in [0.4, 0.5) is 0 Å². The highest BCUT2D eigenvalue weighted by molar-refractivity contribution is 7.27. The molecule has 0 aliphatic carbocycles. The quantitative estimate of drug-likeness (QED) is 0.187. The lowest BCUT2D eigenvalue weighted by Gasteiger charge is -2.10. The van der Waals surface area contributed by atoms with Gasteiger partial charge in [-0.25, -0.2) is 0 Å². The number of fused-ring (bicyclic) bond motifs is 10. The molecule has 0 spiro atoms. The molecule has 2 nitrogen and oxygen atoms in total. The minimum atomic E-state index is -0.902. The second-order valence-electron chi connectivity index (χ2n) is 9.83. The standard InChI is InChI=1S/C42H26N2S/c1-3-12-27(13-4-1)28-22-25-38-35(26-28)31-17-8-10-20-37(31)44(38)39-21-11-18-33-34-24-23-32-30-16-7-9-19-36(30)43(29-14-5-2-6-15-29)40(32)42(34)45-41(33)39/h1-26H/i1D,2D,3D,4D,5D,6D,7D,8D,10D,11D,12D,13D,14D,15D,16D,17D,18D,19D,20D,21D,22D,23D,24D,25D,26D. The fraction of sp³-hybridized carbons (Fsp3) is 0. The number of nitrogens with zero attached hydrogens (tertiary/aromatic N) is 2. The van der Waals surface area contributed by atoms with E-state index in [9.17, 15) is 12.3 Å². The van der Waals surface area contributed by atoms with Gasteiger partial charge in [0.2, 0.25) is 0 Å². The average molecular weight is 616 g/mol.